The molecule has 2 aliphatic heterocycles. The third-order valence-corrected chi connectivity index (χ3v) is 7.48. The van der Waals surface area contributed by atoms with Gasteiger partial charge in [0.25, 0.3) is 5.91 Å². The van der Waals surface area contributed by atoms with Crippen LogP contribution in [0.1, 0.15) is 26.9 Å². The third kappa shape index (κ3) is 4.66. The summed E-state index contributed by atoms with van der Waals surface area (Å²) in [6.45, 7) is 0.504. The minimum absolute atomic E-state index is 0.193. The summed E-state index contributed by atoms with van der Waals surface area (Å²) in [5.74, 6) is 2.34. The van der Waals surface area contributed by atoms with Crippen molar-refractivity contribution in [3.63, 3.8) is 0 Å². The number of rotatable bonds is 7. The molecule has 0 radical (unpaired) electrons. The van der Waals surface area contributed by atoms with Gasteiger partial charge in [0.1, 0.15) is 11.4 Å². The molecule has 5 rings (SSSR count). The Morgan fingerprint density at radius 3 is 2.53 bits per heavy atom. The number of hydrogen-bond donors (Lipinski definition) is 1. The normalized spacial score (nSPS) is 18.1. The van der Waals surface area contributed by atoms with Crippen LogP contribution in [0.15, 0.2) is 66.7 Å². The molecule has 36 heavy (non-hydrogen) atoms. The second kappa shape index (κ2) is 10.4. The van der Waals surface area contributed by atoms with E-state index < -0.39 is 6.04 Å². The Balaban J connectivity index is 1.39. The second-order valence-electron chi connectivity index (χ2n) is 8.30. The highest BCUT2D eigenvalue weighted by atomic mass is 32.2. The topological polar surface area (TPSA) is 86.3 Å². The van der Waals surface area contributed by atoms with E-state index in [2.05, 4.69) is 5.32 Å². The number of methoxy groups -OCH3 is 2. The Labute approximate surface area is 213 Å². The van der Waals surface area contributed by atoms with E-state index >= 15 is 0 Å². The van der Waals surface area contributed by atoms with Crippen LogP contribution >= 0.6 is 11.8 Å². The fraction of sp³-hybridized carbons (Fsp3) is 0.259. The molecule has 1 fully saturated rings. The zero-order valence-electron chi connectivity index (χ0n) is 19.9. The van der Waals surface area contributed by atoms with Crippen LogP contribution in [0.2, 0.25) is 0 Å². The highest BCUT2D eigenvalue weighted by Crippen LogP contribution is 2.43. The first kappa shape index (κ1) is 23.9. The largest absolute Gasteiger partial charge is 0.493 e. The molecular weight excluding hydrogens is 480 g/mol. The van der Waals surface area contributed by atoms with Crippen molar-refractivity contribution in [2.45, 2.75) is 18.0 Å². The van der Waals surface area contributed by atoms with Crippen molar-refractivity contribution in [2.75, 3.05) is 26.8 Å². The Morgan fingerprint density at radius 2 is 1.75 bits per heavy atom. The van der Waals surface area contributed by atoms with E-state index in [1.165, 1.54) is 7.11 Å². The minimum atomic E-state index is -0.644. The van der Waals surface area contributed by atoms with Gasteiger partial charge in [-0.2, -0.15) is 0 Å². The number of ether oxygens (including phenoxy) is 4. The highest BCUT2D eigenvalue weighted by molar-refractivity contribution is 7.99. The van der Waals surface area contributed by atoms with Crippen molar-refractivity contribution < 1.29 is 28.5 Å². The monoisotopic (exact) mass is 506 g/mol. The summed E-state index contributed by atoms with van der Waals surface area (Å²) < 4.78 is 21.5. The van der Waals surface area contributed by atoms with Gasteiger partial charge < -0.3 is 29.2 Å². The predicted octanol–water partition coefficient (Wildman–Crippen LogP) is 4.01. The van der Waals surface area contributed by atoms with E-state index in [0.29, 0.717) is 40.9 Å². The molecule has 1 N–H and O–H groups in total. The number of thioether (sulfide) groups is 1. The molecule has 2 atom stereocenters. The zero-order valence-corrected chi connectivity index (χ0v) is 20.7. The number of nitrogens with zero attached hydrogens (tertiary/aromatic N) is 1. The van der Waals surface area contributed by atoms with Gasteiger partial charge in [-0.25, -0.2) is 0 Å². The fourth-order valence-corrected chi connectivity index (χ4v) is 5.74. The number of carbonyl (C=O) groups is 2. The van der Waals surface area contributed by atoms with Gasteiger partial charge >= 0.3 is 0 Å². The number of benzene rings is 3. The number of fused-ring (bicyclic) bond motifs is 1. The summed E-state index contributed by atoms with van der Waals surface area (Å²) in [6.07, 6.45) is 0. The lowest BCUT2D eigenvalue weighted by Gasteiger charge is -2.29. The molecule has 2 unspecified atom stereocenters. The van der Waals surface area contributed by atoms with Crippen LogP contribution in [0.4, 0.5) is 0 Å². The van der Waals surface area contributed by atoms with Crippen molar-refractivity contribution in [3.05, 3.63) is 83.4 Å². The number of carbonyl (C=O) groups excluding carboxylic acids is 2. The van der Waals surface area contributed by atoms with E-state index in [1.54, 1.807) is 42.0 Å². The van der Waals surface area contributed by atoms with Crippen LogP contribution in [0.25, 0.3) is 0 Å². The van der Waals surface area contributed by atoms with Crippen molar-refractivity contribution in [3.8, 4) is 23.0 Å². The van der Waals surface area contributed by atoms with E-state index in [-0.39, 0.29) is 24.0 Å². The van der Waals surface area contributed by atoms with E-state index in [1.807, 2.05) is 48.5 Å². The highest BCUT2D eigenvalue weighted by Gasteiger charge is 2.42. The SMILES string of the molecule is COc1ccc(C(=O)N2C(C(=O)NCc3ccc4c(c3)OCO4)CSC2c2ccccc2)cc1OC. The van der Waals surface area contributed by atoms with Crippen LogP contribution in [-0.2, 0) is 11.3 Å². The Bertz CT molecular complexity index is 1270. The lowest BCUT2D eigenvalue weighted by molar-refractivity contribution is -0.125. The van der Waals surface area contributed by atoms with Gasteiger partial charge in [-0.05, 0) is 41.5 Å². The summed E-state index contributed by atoms with van der Waals surface area (Å²) >= 11 is 1.57. The molecule has 2 heterocycles. The summed E-state index contributed by atoms with van der Waals surface area (Å²) in [5.41, 5.74) is 2.27. The average Bonchev–Trinajstić information content (AvgIpc) is 3.58. The first-order chi connectivity index (χ1) is 17.6. The summed E-state index contributed by atoms with van der Waals surface area (Å²) in [5, 5.41) is 2.70. The fourth-order valence-electron chi connectivity index (χ4n) is 4.31. The van der Waals surface area contributed by atoms with Gasteiger partial charge in [0.05, 0.1) is 14.2 Å². The van der Waals surface area contributed by atoms with Gasteiger partial charge in [-0.3, -0.25) is 9.59 Å². The zero-order chi connectivity index (χ0) is 25.1. The minimum Gasteiger partial charge on any atom is -0.493 e. The average molecular weight is 507 g/mol. The van der Waals surface area contributed by atoms with Gasteiger partial charge in [0.15, 0.2) is 23.0 Å². The van der Waals surface area contributed by atoms with Gasteiger partial charge in [0, 0.05) is 17.9 Å². The molecule has 1 saturated heterocycles. The molecule has 186 valence electrons. The summed E-state index contributed by atoms with van der Waals surface area (Å²) in [4.78, 5) is 28.9. The van der Waals surface area contributed by atoms with Crippen LogP contribution in [0, 0.1) is 0 Å². The molecule has 2 amide bonds. The van der Waals surface area contributed by atoms with Gasteiger partial charge in [0.2, 0.25) is 12.7 Å². The number of amides is 2. The molecule has 2 aliphatic rings. The van der Waals surface area contributed by atoms with E-state index in [9.17, 15) is 9.59 Å². The first-order valence-electron chi connectivity index (χ1n) is 11.5. The van der Waals surface area contributed by atoms with Crippen molar-refractivity contribution in [1.82, 2.24) is 10.2 Å². The first-order valence-corrected chi connectivity index (χ1v) is 12.5. The predicted molar refractivity (Wildman–Crippen MR) is 136 cm³/mol. The van der Waals surface area contributed by atoms with Crippen LogP contribution in [0.5, 0.6) is 23.0 Å². The van der Waals surface area contributed by atoms with Crippen molar-refractivity contribution in [2.24, 2.45) is 0 Å². The molecule has 8 nitrogen and oxygen atoms in total. The van der Waals surface area contributed by atoms with Gasteiger partial charge in [-0.1, -0.05) is 36.4 Å². The van der Waals surface area contributed by atoms with Crippen LogP contribution in [-0.4, -0.2) is 49.5 Å². The molecule has 3 aromatic carbocycles. The van der Waals surface area contributed by atoms with Crippen molar-refractivity contribution in [1.29, 1.82) is 0 Å². The van der Waals surface area contributed by atoms with Crippen molar-refractivity contribution >= 4 is 23.6 Å². The molecular formula is C27H26N2O6S. The Hall–Kier alpha value is -3.85. The Morgan fingerprint density at radius 1 is 0.972 bits per heavy atom. The molecule has 0 aliphatic carbocycles. The van der Waals surface area contributed by atoms with Gasteiger partial charge in [-0.15, -0.1) is 11.8 Å². The second-order valence-corrected chi connectivity index (χ2v) is 9.41. The molecule has 0 bridgehead atoms. The molecule has 0 spiro atoms. The third-order valence-electron chi connectivity index (χ3n) is 6.16. The summed E-state index contributed by atoms with van der Waals surface area (Å²) in [7, 11) is 3.07. The standard InChI is InChI=1S/C27H26N2O6S/c1-32-21-11-9-19(13-23(21)33-2)26(31)29-20(15-36-27(29)18-6-4-3-5-7-18)25(30)28-14-17-8-10-22-24(12-17)35-16-34-22/h3-13,20,27H,14-16H2,1-2H3,(H,28,30). The lowest BCUT2D eigenvalue weighted by atomic mass is 10.1. The molecule has 3 aromatic rings. The lowest BCUT2D eigenvalue weighted by Crippen LogP contribution is -2.47. The van der Waals surface area contributed by atoms with E-state index in [4.69, 9.17) is 18.9 Å². The van der Waals surface area contributed by atoms with Crippen LogP contribution in [0.3, 0.4) is 0 Å². The quantitative estimate of drug-likeness (QED) is 0.518. The maximum Gasteiger partial charge on any atom is 0.255 e. The molecule has 0 saturated carbocycles. The summed E-state index contributed by atoms with van der Waals surface area (Å²) in [6, 6.07) is 19.7. The number of nitrogens with one attached hydrogen (secondary N) is 1. The number of hydrogen-bond acceptors (Lipinski definition) is 7. The van der Waals surface area contributed by atoms with Crippen LogP contribution < -0.4 is 24.3 Å². The maximum absolute atomic E-state index is 13.8. The maximum atomic E-state index is 13.8. The molecule has 9 heteroatoms. The smallest absolute Gasteiger partial charge is 0.255 e. The Kier molecular flexibility index (Phi) is 6.90. The molecule has 0 aromatic heterocycles. The van der Waals surface area contributed by atoms with E-state index in [0.717, 1.165) is 11.1 Å².